The van der Waals surface area contributed by atoms with Gasteiger partial charge in [0.05, 0.1) is 0 Å². The highest BCUT2D eigenvalue weighted by Crippen LogP contribution is 2.37. The lowest BCUT2D eigenvalue weighted by atomic mass is 10.00. The van der Waals surface area contributed by atoms with Crippen LogP contribution >= 0.6 is 0 Å². The molecule has 5 nitrogen and oxygen atoms in total. The van der Waals surface area contributed by atoms with Crippen molar-refractivity contribution in [1.82, 2.24) is 0 Å². The fraction of sp³-hybridized carbons (Fsp3) is 0.286. The van der Waals surface area contributed by atoms with Gasteiger partial charge in [0.15, 0.2) is 11.8 Å². The van der Waals surface area contributed by atoms with Crippen molar-refractivity contribution >= 4 is 17.5 Å². The topological polar surface area (TPSA) is 78.5 Å². The van der Waals surface area contributed by atoms with Gasteiger partial charge in [-0.15, -0.1) is 0 Å². The van der Waals surface area contributed by atoms with Gasteiger partial charge in [-0.3, -0.25) is 10.8 Å². The number of hydrogen-bond acceptors (Lipinski definition) is 5. The van der Waals surface area contributed by atoms with E-state index in [1.54, 1.807) is 7.11 Å². The molecule has 0 heterocycles. The van der Waals surface area contributed by atoms with Gasteiger partial charge in [0, 0.05) is 24.5 Å². The van der Waals surface area contributed by atoms with Crippen LogP contribution in [-0.4, -0.2) is 24.6 Å². The Morgan fingerprint density at radius 3 is 2.42 bits per heavy atom. The van der Waals surface area contributed by atoms with E-state index in [0.29, 0.717) is 6.42 Å². The number of nitrogens with zero attached hydrogens (tertiary/aromatic N) is 1. The van der Waals surface area contributed by atoms with Crippen molar-refractivity contribution in [2.24, 2.45) is 5.16 Å². The summed E-state index contributed by atoms with van der Waals surface area (Å²) in [4.78, 5) is 5.07. The van der Waals surface area contributed by atoms with Crippen LogP contribution in [0.25, 0.3) is 11.1 Å². The Morgan fingerprint density at radius 2 is 1.69 bits per heavy atom. The Labute approximate surface area is 153 Å². The zero-order valence-corrected chi connectivity index (χ0v) is 15.1. The third-order valence-corrected chi connectivity index (χ3v) is 4.39. The predicted molar refractivity (Wildman–Crippen MR) is 104 cm³/mol. The van der Waals surface area contributed by atoms with Crippen molar-refractivity contribution in [3.8, 4) is 11.1 Å². The van der Waals surface area contributed by atoms with Crippen LogP contribution < -0.4 is 0 Å². The Balaban J connectivity index is 1.69. The summed E-state index contributed by atoms with van der Waals surface area (Å²) < 4.78 is 4.98. The molecule has 0 aromatic heterocycles. The SMILES string of the molecule is CO/N=C1/c2ccccc2-c2ccc(CCCCC(=N)OC(C)=N)cc21. The lowest BCUT2D eigenvalue weighted by Gasteiger charge is -2.07. The maximum absolute atomic E-state index is 7.66. The number of hydrogen-bond donors (Lipinski definition) is 2. The third kappa shape index (κ3) is 3.82. The summed E-state index contributed by atoms with van der Waals surface area (Å²) in [6, 6.07) is 14.8. The molecule has 0 amide bonds. The smallest absolute Gasteiger partial charge is 0.189 e. The largest absolute Gasteiger partial charge is 0.430 e. The van der Waals surface area contributed by atoms with Gasteiger partial charge in [-0.05, 0) is 42.0 Å². The van der Waals surface area contributed by atoms with Crippen molar-refractivity contribution in [2.75, 3.05) is 7.11 Å². The van der Waals surface area contributed by atoms with E-state index < -0.39 is 0 Å². The number of oxime groups is 1. The van der Waals surface area contributed by atoms with Crippen LogP contribution in [-0.2, 0) is 16.0 Å². The minimum Gasteiger partial charge on any atom is -0.430 e. The molecule has 0 unspecified atom stereocenters. The molecule has 0 atom stereocenters. The van der Waals surface area contributed by atoms with E-state index in [0.717, 1.165) is 36.1 Å². The molecule has 0 saturated carbocycles. The van der Waals surface area contributed by atoms with Gasteiger partial charge >= 0.3 is 0 Å². The summed E-state index contributed by atoms with van der Waals surface area (Å²) in [5, 5.41) is 19.1. The number of aryl methyl sites for hydroxylation is 1. The summed E-state index contributed by atoms with van der Waals surface area (Å²) in [7, 11) is 1.57. The molecule has 2 aromatic rings. The number of fused-ring (bicyclic) bond motifs is 3. The van der Waals surface area contributed by atoms with Crippen molar-refractivity contribution < 1.29 is 9.57 Å². The van der Waals surface area contributed by atoms with Gasteiger partial charge in [-0.25, -0.2) is 0 Å². The molecule has 0 aliphatic heterocycles. The first-order chi connectivity index (χ1) is 12.6. The van der Waals surface area contributed by atoms with Crippen molar-refractivity contribution in [2.45, 2.75) is 32.6 Å². The molecule has 0 saturated heterocycles. The quantitative estimate of drug-likeness (QED) is 0.291. The predicted octanol–water partition coefficient (Wildman–Crippen LogP) is 4.77. The van der Waals surface area contributed by atoms with Gasteiger partial charge in [-0.1, -0.05) is 41.6 Å². The van der Waals surface area contributed by atoms with Crippen molar-refractivity contribution in [1.29, 1.82) is 10.8 Å². The Morgan fingerprint density at radius 1 is 0.962 bits per heavy atom. The number of nitrogens with one attached hydrogen (secondary N) is 2. The second kappa shape index (κ2) is 7.95. The summed E-state index contributed by atoms with van der Waals surface area (Å²) in [6.07, 6.45) is 3.32. The van der Waals surface area contributed by atoms with Crippen LogP contribution in [0.4, 0.5) is 0 Å². The molecule has 1 aliphatic rings. The fourth-order valence-electron chi connectivity index (χ4n) is 3.29. The number of ether oxygens (including phenoxy) is 1. The molecule has 0 spiro atoms. The molecule has 134 valence electrons. The van der Waals surface area contributed by atoms with Crippen molar-refractivity contribution in [3.63, 3.8) is 0 Å². The van der Waals surface area contributed by atoms with E-state index in [-0.39, 0.29) is 11.8 Å². The molecular formula is C21H23N3O2. The molecule has 0 fully saturated rings. The second-order valence-corrected chi connectivity index (χ2v) is 6.34. The highest BCUT2D eigenvalue weighted by Gasteiger charge is 2.25. The summed E-state index contributed by atoms with van der Waals surface area (Å²) in [5.74, 6) is 0.231. The Kier molecular flexibility index (Phi) is 5.46. The second-order valence-electron chi connectivity index (χ2n) is 6.34. The van der Waals surface area contributed by atoms with Crippen LogP contribution in [0, 0.1) is 10.8 Å². The molecule has 26 heavy (non-hydrogen) atoms. The fourth-order valence-corrected chi connectivity index (χ4v) is 3.29. The Bertz CT molecular complexity index is 871. The van der Waals surface area contributed by atoms with Gasteiger partial charge < -0.3 is 9.57 Å². The molecule has 1 aliphatic carbocycles. The summed E-state index contributed by atoms with van der Waals surface area (Å²) in [5.41, 5.74) is 6.73. The maximum atomic E-state index is 7.66. The molecule has 0 bridgehead atoms. The zero-order valence-electron chi connectivity index (χ0n) is 15.1. The van der Waals surface area contributed by atoms with Crippen LogP contribution in [0.2, 0.25) is 0 Å². The minimum atomic E-state index is 0.0677. The van der Waals surface area contributed by atoms with Gasteiger partial charge in [0.1, 0.15) is 12.8 Å². The summed E-state index contributed by atoms with van der Waals surface area (Å²) >= 11 is 0. The maximum Gasteiger partial charge on any atom is 0.189 e. The van der Waals surface area contributed by atoms with E-state index in [1.165, 1.54) is 23.6 Å². The first-order valence-electron chi connectivity index (χ1n) is 8.75. The zero-order chi connectivity index (χ0) is 18.5. The molecule has 0 radical (unpaired) electrons. The summed E-state index contributed by atoms with van der Waals surface area (Å²) in [6.45, 7) is 1.54. The van der Waals surface area contributed by atoms with Gasteiger partial charge in [0.2, 0.25) is 0 Å². The first kappa shape index (κ1) is 17.9. The highest BCUT2D eigenvalue weighted by atomic mass is 16.6. The van der Waals surface area contributed by atoms with E-state index >= 15 is 0 Å². The van der Waals surface area contributed by atoms with Gasteiger partial charge in [0.25, 0.3) is 0 Å². The van der Waals surface area contributed by atoms with E-state index in [4.69, 9.17) is 20.4 Å². The normalized spacial score (nSPS) is 13.2. The monoisotopic (exact) mass is 349 g/mol. The Hall–Kier alpha value is -2.95. The average Bonchev–Trinajstić information content (AvgIpc) is 2.92. The van der Waals surface area contributed by atoms with Crippen LogP contribution in [0.3, 0.4) is 0 Å². The third-order valence-electron chi connectivity index (χ3n) is 4.39. The van der Waals surface area contributed by atoms with Crippen LogP contribution in [0.15, 0.2) is 47.6 Å². The highest BCUT2D eigenvalue weighted by molar-refractivity contribution is 6.24. The molecule has 5 heteroatoms. The number of unbranched alkanes of at least 4 members (excludes halogenated alkanes) is 1. The van der Waals surface area contributed by atoms with E-state index in [2.05, 4.69) is 35.5 Å². The number of benzene rings is 2. The first-order valence-corrected chi connectivity index (χ1v) is 8.75. The van der Waals surface area contributed by atoms with Crippen molar-refractivity contribution in [3.05, 3.63) is 59.2 Å². The number of rotatable bonds is 6. The molecular weight excluding hydrogens is 326 g/mol. The average molecular weight is 349 g/mol. The lowest BCUT2D eigenvalue weighted by molar-refractivity contribution is 0.214. The van der Waals surface area contributed by atoms with Crippen LogP contribution in [0.1, 0.15) is 42.9 Å². The lowest BCUT2D eigenvalue weighted by Crippen LogP contribution is -2.07. The van der Waals surface area contributed by atoms with E-state index in [1.807, 2.05) is 12.1 Å². The standard InChI is InChI=1S/C21H23N3O2/c1-14(22)26-20(23)10-6-3-7-15-11-12-17-16-8-4-5-9-18(16)21(24-25-2)19(17)13-15/h4-5,8-9,11-13,22-23H,3,6-7,10H2,1-2H3/b22-14?,23-20?,24-21-. The molecule has 2 N–H and O–H groups in total. The molecule has 2 aromatic carbocycles. The van der Waals surface area contributed by atoms with E-state index in [9.17, 15) is 0 Å². The minimum absolute atomic E-state index is 0.0677. The van der Waals surface area contributed by atoms with Crippen LogP contribution in [0.5, 0.6) is 0 Å². The molecule has 3 rings (SSSR count). The van der Waals surface area contributed by atoms with Gasteiger partial charge in [-0.2, -0.15) is 0 Å².